The van der Waals surface area contributed by atoms with Gasteiger partial charge in [0, 0.05) is 16.0 Å². The molecular weight excluding hydrogens is 268 g/mol. The predicted octanol–water partition coefficient (Wildman–Crippen LogP) is 4.26. The summed E-state index contributed by atoms with van der Waals surface area (Å²) in [5.41, 5.74) is 3.39. The lowest BCUT2D eigenvalue weighted by atomic mass is 9.98. The van der Waals surface area contributed by atoms with Crippen molar-refractivity contribution in [1.82, 2.24) is 0 Å². The molecule has 0 radical (unpaired) electrons. The maximum atomic E-state index is 12.5. The van der Waals surface area contributed by atoms with Crippen molar-refractivity contribution in [2.24, 2.45) is 0 Å². The second kappa shape index (κ2) is 6.14. The topological polar surface area (TPSA) is 26.3 Å². The van der Waals surface area contributed by atoms with Crippen molar-refractivity contribution < 1.29 is 9.53 Å². The minimum absolute atomic E-state index is 0.0477. The Bertz CT molecular complexity index is 607. The Morgan fingerprint density at radius 1 is 1.00 bits per heavy atom. The van der Waals surface area contributed by atoms with E-state index in [4.69, 9.17) is 4.74 Å². The highest BCUT2D eigenvalue weighted by molar-refractivity contribution is 7.98. The third-order valence-corrected chi connectivity index (χ3v) is 4.02. The molecule has 0 aliphatic carbocycles. The Labute approximate surface area is 124 Å². The van der Waals surface area contributed by atoms with E-state index in [1.54, 1.807) is 18.9 Å². The van der Waals surface area contributed by atoms with Crippen LogP contribution in [0, 0.1) is 13.8 Å². The fourth-order valence-corrected chi connectivity index (χ4v) is 2.72. The lowest BCUT2D eigenvalue weighted by Gasteiger charge is -2.11. The van der Waals surface area contributed by atoms with Gasteiger partial charge in [0.25, 0.3) is 0 Å². The first-order valence-electron chi connectivity index (χ1n) is 6.40. The highest BCUT2D eigenvalue weighted by Crippen LogP contribution is 2.26. The number of ether oxygens (including phenoxy) is 1. The van der Waals surface area contributed by atoms with Gasteiger partial charge in [-0.25, -0.2) is 0 Å². The van der Waals surface area contributed by atoms with Crippen LogP contribution in [0.1, 0.15) is 27.0 Å². The molecule has 0 aliphatic rings. The van der Waals surface area contributed by atoms with Crippen molar-refractivity contribution in [3.8, 4) is 5.75 Å². The molecule has 104 valence electrons. The Hall–Kier alpha value is -1.74. The number of thioether (sulfide) groups is 1. The number of carbonyl (C=O) groups excluding carboxylic acids is 1. The molecule has 0 aliphatic heterocycles. The second-order valence-corrected chi connectivity index (χ2v) is 5.58. The van der Waals surface area contributed by atoms with E-state index < -0.39 is 0 Å². The first kappa shape index (κ1) is 14.7. The van der Waals surface area contributed by atoms with Crippen molar-refractivity contribution in [2.45, 2.75) is 18.7 Å². The molecule has 2 aromatic rings. The van der Waals surface area contributed by atoms with Crippen LogP contribution in [0.2, 0.25) is 0 Å². The van der Waals surface area contributed by atoms with E-state index in [0.29, 0.717) is 11.1 Å². The largest absolute Gasteiger partial charge is 0.496 e. The van der Waals surface area contributed by atoms with E-state index in [-0.39, 0.29) is 5.78 Å². The molecule has 0 saturated heterocycles. The number of hydrogen-bond acceptors (Lipinski definition) is 3. The molecule has 0 saturated carbocycles. The zero-order chi connectivity index (χ0) is 14.7. The summed E-state index contributed by atoms with van der Waals surface area (Å²) in [6.07, 6.45) is 2.02. The molecule has 0 amide bonds. The van der Waals surface area contributed by atoms with Crippen LogP contribution in [-0.4, -0.2) is 19.1 Å². The van der Waals surface area contributed by atoms with Gasteiger partial charge in [0.1, 0.15) is 5.75 Å². The van der Waals surface area contributed by atoms with E-state index in [1.807, 2.05) is 56.5 Å². The summed E-state index contributed by atoms with van der Waals surface area (Å²) in [6.45, 7) is 3.92. The Kier molecular flexibility index (Phi) is 4.50. The van der Waals surface area contributed by atoms with E-state index in [2.05, 4.69) is 0 Å². The van der Waals surface area contributed by atoms with Crippen molar-refractivity contribution >= 4 is 17.5 Å². The SMILES string of the molecule is COc1c(C)cc(C(=O)c2ccc(SC)cc2)cc1C. The van der Waals surface area contributed by atoms with Crippen LogP contribution in [0.5, 0.6) is 5.75 Å². The molecule has 2 rings (SSSR count). The molecule has 0 atom stereocenters. The minimum Gasteiger partial charge on any atom is -0.496 e. The lowest BCUT2D eigenvalue weighted by Crippen LogP contribution is -2.03. The maximum Gasteiger partial charge on any atom is 0.193 e. The summed E-state index contributed by atoms with van der Waals surface area (Å²) >= 11 is 1.67. The van der Waals surface area contributed by atoms with E-state index in [1.165, 1.54) is 0 Å². The standard InChI is InChI=1S/C17H18O2S/c1-11-9-14(10-12(2)17(11)19-3)16(18)13-5-7-15(20-4)8-6-13/h5-10H,1-4H3. The van der Waals surface area contributed by atoms with Gasteiger partial charge < -0.3 is 4.74 Å². The average Bonchev–Trinajstić information content (AvgIpc) is 2.46. The number of carbonyl (C=O) groups is 1. The zero-order valence-corrected chi connectivity index (χ0v) is 13.0. The van der Waals surface area contributed by atoms with Gasteiger partial charge in [-0.1, -0.05) is 0 Å². The summed E-state index contributed by atoms with van der Waals surface area (Å²) in [6, 6.07) is 11.5. The highest BCUT2D eigenvalue weighted by Gasteiger charge is 2.13. The number of rotatable bonds is 4. The van der Waals surface area contributed by atoms with Crippen molar-refractivity contribution in [1.29, 1.82) is 0 Å². The fourth-order valence-electron chi connectivity index (χ4n) is 2.31. The number of hydrogen-bond donors (Lipinski definition) is 0. The smallest absolute Gasteiger partial charge is 0.193 e. The molecule has 0 fully saturated rings. The van der Waals surface area contributed by atoms with Crippen LogP contribution in [0.15, 0.2) is 41.3 Å². The quantitative estimate of drug-likeness (QED) is 0.620. The van der Waals surface area contributed by atoms with Gasteiger partial charge in [0.05, 0.1) is 7.11 Å². The van der Waals surface area contributed by atoms with Gasteiger partial charge >= 0.3 is 0 Å². The number of benzene rings is 2. The summed E-state index contributed by atoms with van der Waals surface area (Å²) in [5.74, 6) is 0.894. The molecule has 3 heteroatoms. The molecule has 0 bridgehead atoms. The molecule has 20 heavy (non-hydrogen) atoms. The highest BCUT2D eigenvalue weighted by atomic mass is 32.2. The van der Waals surface area contributed by atoms with E-state index >= 15 is 0 Å². The van der Waals surface area contributed by atoms with Crippen molar-refractivity contribution in [2.75, 3.05) is 13.4 Å². The van der Waals surface area contributed by atoms with Gasteiger partial charge in [-0.05, 0) is 67.6 Å². The van der Waals surface area contributed by atoms with Gasteiger partial charge in [-0.3, -0.25) is 4.79 Å². The summed E-state index contributed by atoms with van der Waals surface area (Å²) < 4.78 is 5.33. The lowest BCUT2D eigenvalue weighted by molar-refractivity contribution is 0.103. The summed E-state index contributed by atoms with van der Waals surface area (Å²) in [7, 11) is 1.65. The maximum absolute atomic E-state index is 12.5. The van der Waals surface area contributed by atoms with Gasteiger partial charge in [0.15, 0.2) is 5.78 Å². The molecule has 0 spiro atoms. The van der Waals surface area contributed by atoms with Crippen LogP contribution in [-0.2, 0) is 0 Å². The van der Waals surface area contributed by atoms with Crippen LogP contribution < -0.4 is 4.74 Å². The van der Waals surface area contributed by atoms with Gasteiger partial charge in [-0.15, -0.1) is 11.8 Å². The molecule has 0 aromatic heterocycles. The number of ketones is 1. The first-order valence-corrected chi connectivity index (χ1v) is 7.63. The number of methoxy groups -OCH3 is 1. The monoisotopic (exact) mass is 286 g/mol. The summed E-state index contributed by atoms with van der Waals surface area (Å²) in [5, 5.41) is 0. The molecule has 0 unspecified atom stereocenters. The van der Waals surface area contributed by atoms with Crippen molar-refractivity contribution in [3.63, 3.8) is 0 Å². The van der Waals surface area contributed by atoms with Crippen LogP contribution in [0.3, 0.4) is 0 Å². The summed E-state index contributed by atoms with van der Waals surface area (Å²) in [4.78, 5) is 13.7. The second-order valence-electron chi connectivity index (χ2n) is 4.70. The van der Waals surface area contributed by atoms with E-state index in [9.17, 15) is 4.79 Å². The molecular formula is C17H18O2S. The third kappa shape index (κ3) is 2.88. The normalized spacial score (nSPS) is 10.4. The van der Waals surface area contributed by atoms with Crippen LogP contribution >= 0.6 is 11.8 Å². The Morgan fingerprint density at radius 2 is 1.55 bits per heavy atom. The molecule has 0 heterocycles. The fraction of sp³-hybridized carbons (Fsp3) is 0.235. The van der Waals surface area contributed by atoms with Crippen molar-refractivity contribution in [3.05, 3.63) is 58.7 Å². The zero-order valence-electron chi connectivity index (χ0n) is 12.2. The number of aryl methyl sites for hydroxylation is 2. The average molecular weight is 286 g/mol. The Balaban J connectivity index is 2.37. The van der Waals surface area contributed by atoms with Gasteiger partial charge in [-0.2, -0.15) is 0 Å². The Morgan fingerprint density at radius 3 is 2.00 bits per heavy atom. The molecule has 2 nitrogen and oxygen atoms in total. The van der Waals surface area contributed by atoms with Crippen LogP contribution in [0.25, 0.3) is 0 Å². The predicted molar refractivity (Wildman–Crippen MR) is 84.1 cm³/mol. The third-order valence-electron chi connectivity index (χ3n) is 3.28. The van der Waals surface area contributed by atoms with Crippen LogP contribution in [0.4, 0.5) is 0 Å². The molecule has 0 N–H and O–H groups in total. The molecule has 2 aromatic carbocycles. The minimum atomic E-state index is 0.0477. The van der Waals surface area contributed by atoms with E-state index in [0.717, 1.165) is 21.8 Å². The van der Waals surface area contributed by atoms with Gasteiger partial charge in [0.2, 0.25) is 0 Å². The first-order chi connectivity index (χ1) is 9.56.